The van der Waals surface area contributed by atoms with E-state index in [0.29, 0.717) is 31.2 Å². The van der Waals surface area contributed by atoms with Crippen LogP contribution in [0.4, 0.5) is 11.5 Å². The van der Waals surface area contributed by atoms with E-state index >= 15 is 0 Å². The van der Waals surface area contributed by atoms with Gasteiger partial charge in [0.1, 0.15) is 11.5 Å². The molecule has 0 bridgehead atoms. The lowest BCUT2D eigenvalue weighted by molar-refractivity contribution is -0.125. The lowest BCUT2D eigenvalue weighted by Gasteiger charge is -2.31. The number of carbonyl (C=O) groups is 1. The smallest absolute Gasteiger partial charge is 0.271 e. The minimum absolute atomic E-state index is 0.0353. The van der Waals surface area contributed by atoms with E-state index < -0.39 is 0 Å². The number of likely N-dealkylation sites (tertiary alicyclic amines) is 1. The summed E-state index contributed by atoms with van der Waals surface area (Å²) in [5.74, 6) is 1.43. The quantitative estimate of drug-likeness (QED) is 0.521. The van der Waals surface area contributed by atoms with Crippen LogP contribution in [0.3, 0.4) is 0 Å². The van der Waals surface area contributed by atoms with E-state index in [1.807, 2.05) is 43.3 Å². The van der Waals surface area contributed by atoms with E-state index in [9.17, 15) is 9.59 Å². The predicted molar refractivity (Wildman–Crippen MR) is 128 cm³/mol. The fourth-order valence-electron chi connectivity index (χ4n) is 4.20. The van der Waals surface area contributed by atoms with E-state index in [0.717, 1.165) is 29.9 Å². The van der Waals surface area contributed by atoms with Gasteiger partial charge in [-0.1, -0.05) is 6.08 Å². The van der Waals surface area contributed by atoms with Crippen LogP contribution in [0.25, 0.3) is 11.1 Å². The van der Waals surface area contributed by atoms with Gasteiger partial charge in [0.05, 0.1) is 0 Å². The standard InChI is InChI=1S/C24H32N6O2/c1-25-9-3-4-23(31)29-11-8-20(16-29)30(15-17-5-6-17)21-12-19(14-28-24(21)32)18-7-10-27-22(13-18)26-2/h3-4,7,10,12-14,17,20,25H,5-6,8-9,11,15-16H2,1-2H3,(H,26,27)(H,28,32)/t20-/m1/s1. The van der Waals surface area contributed by atoms with Crippen molar-refractivity contribution in [2.24, 2.45) is 5.92 Å². The molecule has 170 valence electrons. The van der Waals surface area contributed by atoms with Crippen LogP contribution in [0.1, 0.15) is 19.3 Å². The predicted octanol–water partition coefficient (Wildman–Crippen LogP) is 2.07. The second-order valence-electron chi connectivity index (χ2n) is 8.57. The lowest BCUT2D eigenvalue weighted by atomic mass is 10.1. The van der Waals surface area contributed by atoms with Gasteiger partial charge in [0.2, 0.25) is 5.91 Å². The van der Waals surface area contributed by atoms with Crippen LogP contribution in [-0.4, -0.2) is 67.1 Å². The molecule has 0 unspecified atom stereocenters. The molecule has 0 spiro atoms. The molecule has 0 radical (unpaired) electrons. The molecule has 1 atom stereocenters. The summed E-state index contributed by atoms with van der Waals surface area (Å²) in [5.41, 5.74) is 2.53. The van der Waals surface area contributed by atoms with Crippen LogP contribution >= 0.6 is 0 Å². The molecule has 2 aliphatic rings. The number of nitrogens with one attached hydrogen (secondary N) is 3. The topological polar surface area (TPSA) is 93.4 Å². The van der Waals surface area contributed by atoms with Gasteiger partial charge >= 0.3 is 0 Å². The Morgan fingerprint density at radius 2 is 2.12 bits per heavy atom. The van der Waals surface area contributed by atoms with Gasteiger partial charge < -0.3 is 25.4 Å². The molecular weight excluding hydrogens is 404 g/mol. The van der Waals surface area contributed by atoms with Gasteiger partial charge in [-0.05, 0) is 56.0 Å². The lowest BCUT2D eigenvalue weighted by Crippen LogP contribution is -2.42. The largest absolute Gasteiger partial charge is 0.373 e. The first-order chi connectivity index (χ1) is 15.6. The highest BCUT2D eigenvalue weighted by atomic mass is 16.2. The molecule has 1 saturated heterocycles. The SMILES string of the molecule is CNCC=CC(=O)N1CC[C@@H](N(CC2CC2)c2cc(-c3ccnc(NC)c3)c[nH]c2=O)C1. The van der Waals surface area contributed by atoms with Crippen LogP contribution < -0.4 is 21.1 Å². The third-order valence-corrected chi connectivity index (χ3v) is 6.19. The van der Waals surface area contributed by atoms with E-state index in [1.54, 1.807) is 18.5 Å². The number of carbonyl (C=O) groups excluding carboxylic acids is 1. The Hall–Kier alpha value is -3.13. The molecule has 2 fully saturated rings. The number of anilines is 2. The average molecular weight is 437 g/mol. The number of likely N-dealkylation sites (N-methyl/N-ethyl adjacent to an activating group) is 1. The molecule has 3 N–H and O–H groups in total. The molecule has 1 saturated carbocycles. The average Bonchev–Trinajstić information content (AvgIpc) is 3.51. The van der Waals surface area contributed by atoms with E-state index in [4.69, 9.17) is 0 Å². The first-order valence-electron chi connectivity index (χ1n) is 11.3. The number of rotatable bonds is 9. The molecule has 3 heterocycles. The second-order valence-corrected chi connectivity index (χ2v) is 8.57. The summed E-state index contributed by atoms with van der Waals surface area (Å²) in [6.45, 7) is 2.87. The van der Waals surface area contributed by atoms with Crippen LogP contribution in [-0.2, 0) is 4.79 Å². The van der Waals surface area contributed by atoms with Crippen molar-refractivity contribution in [1.29, 1.82) is 0 Å². The minimum atomic E-state index is -0.0870. The first-order valence-corrected chi connectivity index (χ1v) is 11.3. The van der Waals surface area contributed by atoms with Crippen molar-refractivity contribution >= 4 is 17.4 Å². The zero-order chi connectivity index (χ0) is 22.5. The Morgan fingerprint density at radius 3 is 2.88 bits per heavy atom. The van der Waals surface area contributed by atoms with Gasteiger partial charge in [0, 0.05) is 63.3 Å². The Labute approximate surface area is 188 Å². The molecule has 8 nitrogen and oxygen atoms in total. The second kappa shape index (κ2) is 9.99. The Bertz CT molecular complexity index is 1030. The number of pyridine rings is 2. The maximum absolute atomic E-state index is 12.9. The van der Waals surface area contributed by atoms with Gasteiger partial charge in [0.15, 0.2) is 0 Å². The number of hydrogen-bond acceptors (Lipinski definition) is 6. The third kappa shape index (κ3) is 5.19. The maximum atomic E-state index is 12.9. The zero-order valence-corrected chi connectivity index (χ0v) is 18.8. The highest BCUT2D eigenvalue weighted by Crippen LogP contribution is 2.34. The molecule has 2 aromatic heterocycles. The summed E-state index contributed by atoms with van der Waals surface area (Å²) in [6, 6.07) is 6.03. The van der Waals surface area contributed by atoms with Crippen LogP contribution in [0.5, 0.6) is 0 Å². The van der Waals surface area contributed by atoms with Gasteiger partial charge in [-0.2, -0.15) is 0 Å². The number of H-pyrrole nitrogens is 1. The maximum Gasteiger partial charge on any atom is 0.271 e. The summed E-state index contributed by atoms with van der Waals surface area (Å²) in [5, 5.41) is 6.07. The van der Waals surface area contributed by atoms with Gasteiger partial charge in [-0.25, -0.2) is 4.98 Å². The van der Waals surface area contributed by atoms with Crippen molar-refractivity contribution in [3.05, 3.63) is 53.1 Å². The molecule has 1 amide bonds. The number of aromatic amines is 1. The van der Waals surface area contributed by atoms with E-state index in [1.165, 1.54) is 12.8 Å². The Morgan fingerprint density at radius 1 is 1.28 bits per heavy atom. The summed E-state index contributed by atoms with van der Waals surface area (Å²) in [7, 11) is 3.69. The Balaban J connectivity index is 1.58. The van der Waals surface area contributed by atoms with E-state index in [2.05, 4.69) is 25.5 Å². The number of aromatic nitrogens is 2. The van der Waals surface area contributed by atoms with Crippen LogP contribution in [0.2, 0.25) is 0 Å². The molecule has 8 heteroatoms. The molecular formula is C24H32N6O2. The van der Waals surface area contributed by atoms with Crippen molar-refractivity contribution in [2.75, 3.05) is 50.5 Å². The minimum Gasteiger partial charge on any atom is -0.373 e. The molecule has 1 aliphatic carbocycles. The van der Waals surface area contributed by atoms with Crippen LogP contribution in [0.15, 0.2) is 47.5 Å². The summed E-state index contributed by atoms with van der Waals surface area (Å²) in [6.07, 6.45) is 10.3. The van der Waals surface area contributed by atoms with Crippen molar-refractivity contribution in [1.82, 2.24) is 20.2 Å². The first kappa shape index (κ1) is 22.1. The van der Waals surface area contributed by atoms with Gasteiger partial charge in [-0.3, -0.25) is 9.59 Å². The van der Waals surface area contributed by atoms with E-state index in [-0.39, 0.29) is 17.5 Å². The molecule has 1 aliphatic heterocycles. The number of amides is 1. The number of hydrogen-bond donors (Lipinski definition) is 3. The van der Waals surface area contributed by atoms with Crippen molar-refractivity contribution in [2.45, 2.75) is 25.3 Å². The molecule has 32 heavy (non-hydrogen) atoms. The van der Waals surface area contributed by atoms with Crippen molar-refractivity contribution < 1.29 is 4.79 Å². The van der Waals surface area contributed by atoms with Gasteiger partial charge in [0.25, 0.3) is 5.56 Å². The van der Waals surface area contributed by atoms with Crippen molar-refractivity contribution in [3.8, 4) is 11.1 Å². The van der Waals surface area contributed by atoms with Crippen molar-refractivity contribution in [3.63, 3.8) is 0 Å². The summed E-state index contributed by atoms with van der Waals surface area (Å²) >= 11 is 0. The van der Waals surface area contributed by atoms with Gasteiger partial charge in [-0.15, -0.1) is 0 Å². The summed E-state index contributed by atoms with van der Waals surface area (Å²) < 4.78 is 0. The van der Waals surface area contributed by atoms with Crippen LogP contribution in [0, 0.1) is 5.92 Å². The fraction of sp³-hybridized carbons (Fsp3) is 0.458. The zero-order valence-electron chi connectivity index (χ0n) is 18.8. The summed E-state index contributed by atoms with van der Waals surface area (Å²) in [4.78, 5) is 36.8. The molecule has 4 rings (SSSR count). The fourth-order valence-corrected chi connectivity index (χ4v) is 4.20. The molecule has 0 aromatic carbocycles. The molecule has 2 aromatic rings. The monoisotopic (exact) mass is 436 g/mol. The normalized spacial score (nSPS) is 18.3. The number of nitrogens with zero attached hydrogens (tertiary/aromatic N) is 3. The highest BCUT2D eigenvalue weighted by Gasteiger charge is 2.34. The highest BCUT2D eigenvalue weighted by molar-refractivity contribution is 5.88. The Kier molecular flexibility index (Phi) is 6.90. The third-order valence-electron chi connectivity index (χ3n) is 6.19.